The third-order valence-electron chi connectivity index (χ3n) is 4.10. The quantitative estimate of drug-likeness (QED) is 0.890. The molecule has 2 aromatic rings. The summed E-state index contributed by atoms with van der Waals surface area (Å²) in [6, 6.07) is 6.11. The predicted octanol–water partition coefficient (Wildman–Crippen LogP) is 2.24. The monoisotopic (exact) mass is 287 g/mol. The lowest BCUT2D eigenvalue weighted by molar-refractivity contribution is 0.0923. The summed E-state index contributed by atoms with van der Waals surface area (Å²) in [5.41, 5.74) is 1.01. The van der Waals surface area contributed by atoms with Crippen molar-refractivity contribution < 1.29 is 9.18 Å². The highest BCUT2D eigenvalue weighted by molar-refractivity contribution is 5.97. The maximum atomic E-state index is 13.3. The van der Waals surface area contributed by atoms with E-state index >= 15 is 0 Å². The maximum Gasteiger partial charge on any atom is 0.253 e. The third-order valence-corrected chi connectivity index (χ3v) is 4.10. The van der Waals surface area contributed by atoms with Crippen molar-refractivity contribution in [3.05, 3.63) is 41.8 Å². The largest absolute Gasteiger partial charge is 0.347 e. The van der Waals surface area contributed by atoms with Crippen LogP contribution < -0.4 is 10.6 Å². The van der Waals surface area contributed by atoms with E-state index in [4.69, 9.17) is 0 Å². The van der Waals surface area contributed by atoms with Gasteiger partial charge in [-0.05, 0) is 51.1 Å². The van der Waals surface area contributed by atoms with Crippen molar-refractivity contribution >= 4 is 16.8 Å². The number of amides is 1. The maximum absolute atomic E-state index is 13.3. The number of hydrogen-bond donors (Lipinski definition) is 2. The van der Waals surface area contributed by atoms with E-state index in [1.165, 1.54) is 18.3 Å². The third kappa shape index (κ3) is 2.74. The molecule has 1 unspecified atom stereocenters. The number of benzene rings is 1. The van der Waals surface area contributed by atoms with Gasteiger partial charge in [0.05, 0.1) is 11.1 Å². The number of carbonyl (C=O) groups excluding carboxylic acids is 1. The Bertz CT molecular complexity index is 699. The van der Waals surface area contributed by atoms with Gasteiger partial charge in [0.1, 0.15) is 5.82 Å². The summed E-state index contributed by atoms with van der Waals surface area (Å²) >= 11 is 0. The number of carbonyl (C=O) groups is 1. The van der Waals surface area contributed by atoms with Gasteiger partial charge in [-0.25, -0.2) is 4.39 Å². The molecule has 0 bridgehead atoms. The van der Waals surface area contributed by atoms with Crippen LogP contribution in [0.5, 0.6) is 0 Å². The standard InChI is InChI=1S/C16H18FN3O/c1-16(2)14(5-6-19-16)20-15(21)11-7-10-8-12(17)3-4-13(10)18-9-11/h3-4,7-9,14,19H,5-6H2,1-2H3,(H,20,21). The van der Waals surface area contributed by atoms with Gasteiger partial charge in [-0.2, -0.15) is 0 Å². The van der Waals surface area contributed by atoms with Crippen LogP contribution in [-0.2, 0) is 0 Å². The zero-order valence-electron chi connectivity index (χ0n) is 12.1. The molecular formula is C16H18FN3O. The molecule has 21 heavy (non-hydrogen) atoms. The normalized spacial score (nSPS) is 20.6. The van der Waals surface area contributed by atoms with Gasteiger partial charge in [-0.15, -0.1) is 0 Å². The fourth-order valence-corrected chi connectivity index (χ4v) is 2.74. The lowest BCUT2D eigenvalue weighted by Gasteiger charge is -2.27. The van der Waals surface area contributed by atoms with E-state index in [1.54, 1.807) is 12.1 Å². The second-order valence-corrected chi connectivity index (χ2v) is 6.02. The highest BCUT2D eigenvalue weighted by Gasteiger charge is 2.35. The van der Waals surface area contributed by atoms with E-state index in [0.717, 1.165) is 13.0 Å². The van der Waals surface area contributed by atoms with E-state index in [9.17, 15) is 9.18 Å². The second kappa shape index (κ2) is 5.07. The Kier molecular flexibility index (Phi) is 3.37. The number of nitrogens with zero attached hydrogens (tertiary/aromatic N) is 1. The SMILES string of the molecule is CC1(C)NCCC1NC(=O)c1cnc2ccc(F)cc2c1. The first kappa shape index (κ1) is 13.9. The molecule has 1 fully saturated rings. The Morgan fingerprint density at radius 1 is 1.43 bits per heavy atom. The Morgan fingerprint density at radius 2 is 2.24 bits per heavy atom. The highest BCUT2D eigenvalue weighted by atomic mass is 19.1. The Hall–Kier alpha value is -2.01. The van der Waals surface area contributed by atoms with Crippen LogP contribution in [0, 0.1) is 5.82 Å². The fourth-order valence-electron chi connectivity index (χ4n) is 2.74. The van der Waals surface area contributed by atoms with Gasteiger partial charge in [-0.3, -0.25) is 9.78 Å². The molecule has 0 spiro atoms. The summed E-state index contributed by atoms with van der Waals surface area (Å²) in [6.07, 6.45) is 2.43. The van der Waals surface area contributed by atoms with Gasteiger partial charge in [-0.1, -0.05) is 0 Å². The zero-order valence-corrected chi connectivity index (χ0v) is 12.1. The first-order chi connectivity index (χ1) is 9.95. The molecule has 3 rings (SSSR count). The molecule has 0 aliphatic carbocycles. The lowest BCUT2D eigenvalue weighted by atomic mass is 9.96. The second-order valence-electron chi connectivity index (χ2n) is 6.02. The van der Waals surface area contributed by atoms with E-state index in [1.807, 2.05) is 0 Å². The van der Waals surface area contributed by atoms with E-state index < -0.39 is 0 Å². The number of nitrogens with one attached hydrogen (secondary N) is 2. The molecule has 1 atom stereocenters. The molecule has 2 heterocycles. The molecule has 1 aromatic heterocycles. The summed E-state index contributed by atoms with van der Waals surface area (Å²) < 4.78 is 13.3. The molecule has 1 amide bonds. The van der Waals surface area contributed by atoms with Crippen molar-refractivity contribution in [1.29, 1.82) is 0 Å². The van der Waals surface area contributed by atoms with Crippen molar-refractivity contribution in [1.82, 2.24) is 15.6 Å². The van der Waals surface area contributed by atoms with Crippen LogP contribution in [0.25, 0.3) is 10.9 Å². The average Bonchev–Trinajstić information content (AvgIpc) is 2.77. The minimum atomic E-state index is -0.331. The first-order valence-electron chi connectivity index (χ1n) is 7.07. The van der Waals surface area contributed by atoms with Crippen LogP contribution in [0.3, 0.4) is 0 Å². The van der Waals surface area contributed by atoms with Gasteiger partial charge < -0.3 is 10.6 Å². The van der Waals surface area contributed by atoms with Gasteiger partial charge in [0, 0.05) is 23.2 Å². The molecule has 0 saturated carbocycles. The molecule has 2 N–H and O–H groups in total. The molecular weight excluding hydrogens is 269 g/mol. The summed E-state index contributed by atoms with van der Waals surface area (Å²) in [6.45, 7) is 5.02. The van der Waals surface area contributed by atoms with Gasteiger partial charge >= 0.3 is 0 Å². The molecule has 4 nitrogen and oxygen atoms in total. The van der Waals surface area contributed by atoms with Crippen LogP contribution in [0.4, 0.5) is 4.39 Å². The van der Waals surface area contributed by atoms with Gasteiger partial charge in [0.2, 0.25) is 0 Å². The van der Waals surface area contributed by atoms with Crippen LogP contribution in [0.2, 0.25) is 0 Å². The van der Waals surface area contributed by atoms with Crippen molar-refractivity contribution in [2.24, 2.45) is 0 Å². The number of fused-ring (bicyclic) bond motifs is 1. The van der Waals surface area contributed by atoms with Gasteiger partial charge in [0.15, 0.2) is 0 Å². The number of aromatic nitrogens is 1. The average molecular weight is 287 g/mol. The smallest absolute Gasteiger partial charge is 0.253 e. The number of pyridine rings is 1. The van der Waals surface area contributed by atoms with Gasteiger partial charge in [0.25, 0.3) is 5.91 Å². The lowest BCUT2D eigenvalue weighted by Crippen LogP contribution is -2.50. The topological polar surface area (TPSA) is 54.0 Å². The van der Waals surface area contributed by atoms with Crippen LogP contribution >= 0.6 is 0 Å². The van der Waals surface area contributed by atoms with Crippen molar-refractivity contribution in [2.75, 3.05) is 6.54 Å². The van der Waals surface area contributed by atoms with Crippen LogP contribution in [0.1, 0.15) is 30.6 Å². The number of hydrogen-bond acceptors (Lipinski definition) is 3. The Labute approximate surface area is 122 Å². The summed E-state index contributed by atoms with van der Waals surface area (Å²) in [7, 11) is 0. The minimum Gasteiger partial charge on any atom is -0.347 e. The zero-order chi connectivity index (χ0) is 15.0. The summed E-state index contributed by atoms with van der Waals surface area (Å²) in [4.78, 5) is 16.6. The Morgan fingerprint density at radius 3 is 2.95 bits per heavy atom. The van der Waals surface area contributed by atoms with Crippen molar-refractivity contribution in [2.45, 2.75) is 31.8 Å². The molecule has 1 saturated heterocycles. The molecule has 1 aliphatic rings. The number of rotatable bonds is 2. The Balaban J connectivity index is 1.84. The molecule has 1 aromatic carbocycles. The first-order valence-corrected chi connectivity index (χ1v) is 7.07. The number of halogens is 1. The molecule has 5 heteroatoms. The molecule has 0 radical (unpaired) electrons. The molecule has 1 aliphatic heterocycles. The fraction of sp³-hybridized carbons (Fsp3) is 0.375. The highest BCUT2D eigenvalue weighted by Crippen LogP contribution is 2.20. The minimum absolute atomic E-state index is 0.0770. The molecule has 110 valence electrons. The van der Waals surface area contributed by atoms with E-state index in [-0.39, 0.29) is 23.3 Å². The van der Waals surface area contributed by atoms with Crippen molar-refractivity contribution in [3.63, 3.8) is 0 Å². The van der Waals surface area contributed by atoms with E-state index in [0.29, 0.717) is 16.5 Å². The summed E-state index contributed by atoms with van der Waals surface area (Å²) in [5, 5.41) is 7.02. The summed E-state index contributed by atoms with van der Waals surface area (Å²) in [5.74, 6) is -0.501. The van der Waals surface area contributed by atoms with Crippen molar-refractivity contribution in [3.8, 4) is 0 Å². The van der Waals surface area contributed by atoms with E-state index in [2.05, 4.69) is 29.5 Å². The van der Waals surface area contributed by atoms with Crippen LogP contribution in [0.15, 0.2) is 30.5 Å². The van der Waals surface area contributed by atoms with Crippen LogP contribution in [-0.4, -0.2) is 29.0 Å². The predicted molar refractivity (Wildman–Crippen MR) is 79.7 cm³/mol.